The number of ether oxygens (including phenoxy) is 3. The first-order valence-electron chi connectivity index (χ1n) is 33.4. The molecule has 6 heteroatoms. The van der Waals surface area contributed by atoms with Crippen LogP contribution in [-0.4, -0.2) is 37.2 Å². The molecule has 0 N–H and O–H groups in total. The highest BCUT2D eigenvalue weighted by Gasteiger charge is 2.19. The summed E-state index contributed by atoms with van der Waals surface area (Å²) in [5.41, 5.74) is 0. The Balaban J connectivity index is 4.20. The zero-order valence-electron chi connectivity index (χ0n) is 51.9. The minimum absolute atomic E-state index is 0.0863. The Morgan fingerprint density at radius 1 is 0.266 bits per heavy atom. The molecule has 0 aliphatic heterocycles. The summed E-state index contributed by atoms with van der Waals surface area (Å²) in [6, 6.07) is 0. The summed E-state index contributed by atoms with van der Waals surface area (Å²) in [4.78, 5) is 38.1. The van der Waals surface area contributed by atoms with E-state index in [9.17, 15) is 14.4 Å². The van der Waals surface area contributed by atoms with Crippen LogP contribution in [0.4, 0.5) is 0 Å². The van der Waals surface area contributed by atoms with Crippen LogP contribution in [0.1, 0.15) is 316 Å². The molecule has 0 radical (unpaired) electrons. The second kappa shape index (κ2) is 66.6. The fraction of sp³-hybridized carbons (Fsp3) is 0.712. The smallest absolute Gasteiger partial charge is 0.306 e. The molecule has 1 unspecified atom stereocenters. The van der Waals surface area contributed by atoms with E-state index in [0.717, 1.165) is 122 Å². The summed E-state index contributed by atoms with van der Waals surface area (Å²) in [7, 11) is 0. The molecule has 0 aliphatic carbocycles. The van der Waals surface area contributed by atoms with Gasteiger partial charge in [0.15, 0.2) is 6.10 Å². The number of rotatable bonds is 60. The molecule has 452 valence electrons. The van der Waals surface area contributed by atoms with Crippen LogP contribution < -0.4 is 0 Å². The van der Waals surface area contributed by atoms with Crippen LogP contribution in [0.15, 0.2) is 109 Å². The number of hydrogen-bond acceptors (Lipinski definition) is 6. The maximum absolute atomic E-state index is 12.9. The van der Waals surface area contributed by atoms with E-state index in [-0.39, 0.29) is 31.1 Å². The van der Waals surface area contributed by atoms with Gasteiger partial charge in [-0.3, -0.25) is 14.4 Å². The van der Waals surface area contributed by atoms with E-state index in [1.807, 2.05) is 0 Å². The largest absolute Gasteiger partial charge is 0.462 e. The Morgan fingerprint density at radius 2 is 0.494 bits per heavy atom. The highest BCUT2D eigenvalue weighted by Crippen LogP contribution is 2.17. The van der Waals surface area contributed by atoms with Crippen molar-refractivity contribution in [2.45, 2.75) is 322 Å². The summed E-state index contributed by atoms with van der Waals surface area (Å²) in [5.74, 6) is -0.917. The van der Waals surface area contributed by atoms with Crippen molar-refractivity contribution in [3.05, 3.63) is 109 Å². The van der Waals surface area contributed by atoms with Crippen LogP contribution in [-0.2, 0) is 28.6 Å². The van der Waals surface area contributed by atoms with E-state index in [1.54, 1.807) is 0 Å². The SMILES string of the molecule is CC/C=C\C/C=C\C/C=C\C/C=C\C/C=C\C/C=C\C/C=C\C/C=C\C/C=C\CCCCCC(=O)OCC(COC(=O)CCCCCCCCC)OC(=O)CCCCCCCCCCCCCCCCCCCCCCCCC. The van der Waals surface area contributed by atoms with Crippen molar-refractivity contribution < 1.29 is 28.6 Å². The van der Waals surface area contributed by atoms with Gasteiger partial charge in [0, 0.05) is 19.3 Å². The number of carbonyl (C=O) groups excluding carboxylic acids is 3. The lowest BCUT2D eigenvalue weighted by Gasteiger charge is -2.18. The molecule has 0 heterocycles. The lowest BCUT2D eigenvalue weighted by molar-refractivity contribution is -0.167. The zero-order chi connectivity index (χ0) is 57.1. The normalized spacial score (nSPS) is 12.8. The molecular formula is C73H124O6. The van der Waals surface area contributed by atoms with Gasteiger partial charge in [0.05, 0.1) is 0 Å². The van der Waals surface area contributed by atoms with Crippen LogP contribution in [0.5, 0.6) is 0 Å². The minimum Gasteiger partial charge on any atom is -0.462 e. The summed E-state index contributed by atoms with van der Waals surface area (Å²) in [6.07, 6.45) is 91.3. The molecule has 0 aliphatic rings. The zero-order valence-corrected chi connectivity index (χ0v) is 51.9. The quantitative estimate of drug-likeness (QED) is 0.0261. The molecule has 0 aromatic rings. The Labute approximate surface area is 489 Å². The Kier molecular flexibility index (Phi) is 63.3. The van der Waals surface area contributed by atoms with E-state index in [1.165, 1.54) is 154 Å². The third-order valence-corrected chi connectivity index (χ3v) is 14.3. The Bertz CT molecular complexity index is 1590. The number of allylic oxidation sites excluding steroid dienone is 18. The van der Waals surface area contributed by atoms with Gasteiger partial charge in [-0.2, -0.15) is 0 Å². The van der Waals surface area contributed by atoms with Gasteiger partial charge in [0.1, 0.15) is 13.2 Å². The molecule has 0 aromatic carbocycles. The lowest BCUT2D eigenvalue weighted by Crippen LogP contribution is -2.30. The van der Waals surface area contributed by atoms with Crippen molar-refractivity contribution in [2.24, 2.45) is 0 Å². The lowest BCUT2D eigenvalue weighted by atomic mass is 10.0. The average Bonchev–Trinajstić information content (AvgIpc) is 3.45. The molecule has 0 saturated carbocycles. The van der Waals surface area contributed by atoms with Gasteiger partial charge in [-0.25, -0.2) is 0 Å². The van der Waals surface area contributed by atoms with Gasteiger partial charge < -0.3 is 14.2 Å². The molecule has 0 saturated heterocycles. The molecule has 0 spiro atoms. The summed E-state index contributed by atoms with van der Waals surface area (Å²) < 4.78 is 16.8. The molecule has 1 atom stereocenters. The van der Waals surface area contributed by atoms with E-state index >= 15 is 0 Å². The van der Waals surface area contributed by atoms with Crippen LogP contribution in [0.3, 0.4) is 0 Å². The standard InChI is InChI=1S/C73H124O6/c1-4-7-10-13-16-18-20-22-24-26-28-30-32-33-34-35-36-37-38-39-41-42-44-46-48-50-52-54-57-60-63-66-72(75)78-69-70(68-77-71(74)65-62-59-56-15-12-9-6-3)79-73(76)67-64-61-58-55-53-51-49-47-45-43-40-31-29-27-25-23-21-19-17-14-11-8-5-2/h7,10,16,18,22,24,28,30,33-34,36-37,39,41,44,46,50,52,70H,4-6,8-9,11-15,17,19-21,23,25-27,29,31-32,35,38,40,42-43,45,47-49,51,53-69H2,1-3H3/b10-7-,18-16-,24-22-,30-28-,34-33-,37-36-,41-39-,46-44-,52-50-. The first-order chi connectivity index (χ1) is 39.0. The highest BCUT2D eigenvalue weighted by atomic mass is 16.6. The van der Waals surface area contributed by atoms with Crippen molar-refractivity contribution in [3.8, 4) is 0 Å². The van der Waals surface area contributed by atoms with Crippen molar-refractivity contribution in [1.29, 1.82) is 0 Å². The minimum atomic E-state index is -0.789. The van der Waals surface area contributed by atoms with Gasteiger partial charge in [0.25, 0.3) is 0 Å². The number of carbonyl (C=O) groups is 3. The molecule has 6 nitrogen and oxygen atoms in total. The molecule has 0 aromatic heterocycles. The molecular weight excluding hydrogens is 973 g/mol. The molecule has 0 rings (SSSR count). The van der Waals surface area contributed by atoms with Crippen LogP contribution >= 0.6 is 0 Å². The predicted octanol–water partition coefficient (Wildman–Crippen LogP) is 23.0. The van der Waals surface area contributed by atoms with E-state index in [2.05, 4.69) is 130 Å². The monoisotopic (exact) mass is 1100 g/mol. The second-order valence-corrected chi connectivity index (χ2v) is 22.0. The molecule has 0 fully saturated rings. The van der Waals surface area contributed by atoms with E-state index < -0.39 is 6.10 Å². The van der Waals surface area contributed by atoms with Crippen molar-refractivity contribution in [2.75, 3.05) is 13.2 Å². The van der Waals surface area contributed by atoms with Gasteiger partial charge in [-0.15, -0.1) is 0 Å². The van der Waals surface area contributed by atoms with Crippen LogP contribution in [0, 0.1) is 0 Å². The van der Waals surface area contributed by atoms with Crippen LogP contribution in [0.25, 0.3) is 0 Å². The summed E-state index contributed by atoms with van der Waals surface area (Å²) in [6.45, 7) is 6.49. The number of esters is 3. The van der Waals surface area contributed by atoms with Gasteiger partial charge in [0.2, 0.25) is 0 Å². The van der Waals surface area contributed by atoms with Crippen molar-refractivity contribution >= 4 is 17.9 Å². The molecule has 79 heavy (non-hydrogen) atoms. The number of hydrogen-bond donors (Lipinski definition) is 0. The summed E-state index contributed by atoms with van der Waals surface area (Å²) in [5, 5.41) is 0. The molecule has 0 bridgehead atoms. The maximum atomic E-state index is 12.9. The second-order valence-electron chi connectivity index (χ2n) is 22.0. The Morgan fingerprint density at radius 3 is 0.772 bits per heavy atom. The van der Waals surface area contributed by atoms with Crippen molar-refractivity contribution in [1.82, 2.24) is 0 Å². The third kappa shape index (κ3) is 64.8. The third-order valence-electron chi connectivity index (χ3n) is 14.3. The first kappa shape index (κ1) is 75.1. The Hall–Kier alpha value is -3.93. The maximum Gasteiger partial charge on any atom is 0.306 e. The fourth-order valence-corrected chi connectivity index (χ4v) is 9.32. The van der Waals surface area contributed by atoms with E-state index in [0.29, 0.717) is 19.3 Å². The summed E-state index contributed by atoms with van der Waals surface area (Å²) >= 11 is 0. The van der Waals surface area contributed by atoms with Gasteiger partial charge in [-0.1, -0.05) is 316 Å². The number of unbranched alkanes of at least 4 members (excludes halogenated alkanes) is 31. The van der Waals surface area contributed by atoms with Gasteiger partial charge in [-0.05, 0) is 89.9 Å². The predicted molar refractivity (Wildman–Crippen MR) is 343 cm³/mol. The van der Waals surface area contributed by atoms with Gasteiger partial charge >= 0.3 is 17.9 Å². The highest BCUT2D eigenvalue weighted by molar-refractivity contribution is 5.71. The average molecular weight is 1100 g/mol. The fourth-order valence-electron chi connectivity index (χ4n) is 9.32. The first-order valence-corrected chi connectivity index (χ1v) is 33.4. The topological polar surface area (TPSA) is 78.9 Å². The van der Waals surface area contributed by atoms with Crippen LogP contribution in [0.2, 0.25) is 0 Å². The molecule has 0 amide bonds. The van der Waals surface area contributed by atoms with E-state index in [4.69, 9.17) is 14.2 Å². The van der Waals surface area contributed by atoms with Crippen molar-refractivity contribution in [3.63, 3.8) is 0 Å².